The van der Waals surface area contributed by atoms with Gasteiger partial charge in [0.1, 0.15) is 0 Å². The number of aliphatic carboxylic acids is 1. The molecule has 0 amide bonds. The predicted octanol–water partition coefficient (Wildman–Crippen LogP) is 3.96. The minimum absolute atomic E-state index is 0.121. The highest BCUT2D eigenvalue weighted by Gasteiger charge is 2.03. The minimum atomic E-state index is -0.790. The number of pyridine rings is 1. The Morgan fingerprint density at radius 1 is 1.10 bits per heavy atom. The predicted molar refractivity (Wildman–Crippen MR) is 84.2 cm³/mol. The smallest absolute Gasteiger partial charge is 0.303 e. The van der Waals surface area contributed by atoms with Crippen molar-refractivity contribution in [1.82, 2.24) is 4.98 Å². The molecule has 0 spiro atoms. The summed E-state index contributed by atoms with van der Waals surface area (Å²) in [5.74, 6) is -0.132. The average molecular weight is 283 g/mol. The van der Waals surface area contributed by atoms with Gasteiger partial charge in [0.2, 0.25) is 0 Å². The van der Waals surface area contributed by atoms with Crippen LogP contribution in [0.3, 0.4) is 0 Å². The molecule has 0 aliphatic rings. The van der Waals surface area contributed by atoms with Gasteiger partial charge in [0.15, 0.2) is 0 Å². The lowest BCUT2D eigenvalue weighted by Crippen LogP contribution is -1.99. The fraction of sp³-hybridized carbons (Fsp3) is 0.333. The van der Waals surface area contributed by atoms with E-state index >= 15 is 0 Å². The Kier molecular flexibility index (Phi) is 5.09. The number of carboxylic acids is 1. The van der Waals surface area contributed by atoms with Gasteiger partial charge in [0.25, 0.3) is 0 Å². The molecule has 0 bridgehead atoms. The van der Waals surface area contributed by atoms with Crippen molar-refractivity contribution in [2.24, 2.45) is 5.92 Å². The van der Waals surface area contributed by atoms with Gasteiger partial charge in [0.05, 0.1) is 6.42 Å². The second-order valence-electron chi connectivity index (χ2n) is 5.73. The first kappa shape index (κ1) is 15.2. The van der Waals surface area contributed by atoms with Crippen LogP contribution in [0.1, 0.15) is 31.5 Å². The van der Waals surface area contributed by atoms with E-state index in [-0.39, 0.29) is 6.42 Å². The third-order valence-electron chi connectivity index (χ3n) is 3.35. The van der Waals surface area contributed by atoms with E-state index in [0.717, 1.165) is 23.2 Å². The number of aromatic nitrogens is 1. The number of aryl methyl sites for hydroxylation is 1. The second kappa shape index (κ2) is 7.02. The summed E-state index contributed by atoms with van der Waals surface area (Å²) in [6.07, 6.45) is 3.50. The summed E-state index contributed by atoms with van der Waals surface area (Å²) in [4.78, 5) is 14.9. The monoisotopic (exact) mass is 283 g/mol. The summed E-state index contributed by atoms with van der Waals surface area (Å²) in [5, 5.41) is 8.67. The Morgan fingerprint density at radius 2 is 1.76 bits per heavy atom. The number of hydrogen-bond acceptors (Lipinski definition) is 2. The van der Waals surface area contributed by atoms with E-state index in [1.807, 2.05) is 18.3 Å². The van der Waals surface area contributed by atoms with Gasteiger partial charge in [-0.2, -0.15) is 0 Å². The van der Waals surface area contributed by atoms with Crippen LogP contribution in [0.4, 0.5) is 0 Å². The molecule has 1 aromatic heterocycles. The van der Waals surface area contributed by atoms with Crippen molar-refractivity contribution in [1.29, 1.82) is 0 Å². The number of nitrogens with zero attached hydrogens (tertiary/aromatic N) is 1. The molecule has 0 unspecified atom stereocenters. The van der Waals surface area contributed by atoms with Gasteiger partial charge in [0, 0.05) is 23.9 Å². The molecule has 0 aliphatic heterocycles. The molecule has 2 aromatic rings. The molecule has 0 saturated carbocycles. The van der Waals surface area contributed by atoms with Gasteiger partial charge >= 0.3 is 5.97 Å². The van der Waals surface area contributed by atoms with Gasteiger partial charge in [-0.1, -0.05) is 44.2 Å². The van der Waals surface area contributed by atoms with Crippen molar-refractivity contribution in [2.75, 3.05) is 0 Å². The summed E-state index contributed by atoms with van der Waals surface area (Å²) in [6, 6.07) is 12.5. The Morgan fingerprint density at radius 3 is 2.29 bits per heavy atom. The van der Waals surface area contributed by atoms with E-state index in [4.69, 9.17) is 5.11 Å². The highest BCUT2D eigenvalue weighted by atomic mass is 16.4. The van der Waals surface area contributed by atoms with Crippen molar-refractivity contribution in [2.45, 2.75) is 33.1 Å². The molecule has 110 valence electrons. The molecule has 2 rings (SSSR count). The summed E-state index contributed by atoms with van der Waals surface area (Å²) in [6.45, 7) is 4.43. The molecule has 3 nitrogen and oxygen atoms in total. The lowest BCUT2D eigenvalue weighted by Gasteiger charge is -2.07. The summed E-state index contributed by atoms with van der Waals surface area (Å²) >= 11 is 0. The third-order valence-corrected chi connectivity index (χ3v) is 3.35. The highest BCUT2D eigenvalue weighted by Crippen LogP contribution is 2.20. The number of hydrogen-bond donors (Lipinski definition) is 1. The second-order valence-corrected chi connectivity index (χ2v) is 5.73. The Hall–Kier alpha value is -2.16. The summed E-state index contributed by atoms with van der Waals surface area (Å²) in [7, 11) is 0. The van der Waals surface area contributed by atoms with Gasteiger partial charge in [-0.15, -0.1) is 0 Å². The van der Waals surface area contributed by atoms with Gasteiger partial charge in [-0.05, 0) is 29.5 Å². The quantitative estimate of drug-likeness (QED) is 0.872. The molecule has 1 aromatic carbocycles. The molecular formula is C18H21NO2. The Labute approximate surface area is 125 Å². The first-order valence-corrected chi connectivity index (χ1v) is 7.30. The van der Waals surface area contributed by atoms with Crippen LogP contribution in [0.25, 0.3) is 11.1 Å². The van der Waals surface area contributed by atoms with Crippen molar-refractivity contribution in [3.63, 3.8) is 0 Å². The zero-order chi connectivity index (χ0) is 15.2. The molecule has 0 fully saturated rings. The van der Waals surface area contributed by atoms with E-state index < -0.39 is 5.97 Å². The number of benzene rings is 1. The fourth-order valence-corrected chi connectivity index (χ4v) is 2.28. The first-order valence-electron chi connectivity index (χ1n) is 7.30. The Balaban J connectivity index is 2.06. The van der Waals surface area contributed by atoms with E-state index in [9.17, 15) is 4.79 Å². The summed E-state index contributed by atoms with van der Waals surface area (Å²) < 4.78 is 0. The lowest BCUT2D eigenvalue weighted by molar-refractivity contribution is -0.136. The molecule has 3 heteroatoms. The maximum Gasteiger partial charge on any atom is 0.303 e. The zero-order valence-corrected chi connectivity index (χ0v) is 12.5. The SMILES string of the molecule is CC(C)Cc1ccc(-c2ccc(CCC(=O)O)nc2)cc1. The van der Waals surface area contributed by atoms with Crippen LogP contribution in [-0.2, 0) is 17.6 Å². The van der Waals surface area contributed by atoms with E-state index in [1.165, 1.54) is 5.56 Å². The van der Waals surface area contributed by atoms with Crippen LogP contribution in [0.2, 0.25) is 0 Å². The number of carbonyl (C=O) groups is 1. The number of rotatable bonds is 6. The standard InChI is InChI=1S/C18H21NO2/c1-13(2)11-14-3-5-15(6-4-14)16-7-8-17(19-12-16)9-10-18(20)21/h3-8,12-13H,9-11H2,1-2H3,(H,20,21). The van der Waals surface area contributed by atoms with Crippen molar-refractivity contribution in [3.05, 3.63) is 53.9 Å². The Bertz CT molecular complexity index is 586. The number of carboxylic acid groups (broad SMARTS) is 1. The molecule has 0 saturated heterocycles. The molecular weight excluding hydrogens is 262 g/mol. The van der Waals surface area contributed by atoms with Crippen molar-refractivity contribution >= 4 is 5.97 Å². The van der Waals surface area contributed by atoms with Crippen LogP contribution in [0, 0.1) is 5.92 Å². The van der Waals surface area contributed by atoms with Crippen LogP contribution < -0.4 is 0 Å². The first-order chi connectivity index (χ1) is 10.0. The molecule has 0 radical (unpaired) electrons. The van der Waals surface area contributed by atoms with Gasteiger partial charge in [-0.3, -0.25) is 9.78 Å². The largest absolute Gasteiger partial charge is 0.481 e. The van der Waals surface area contributed by atoms with Gasteiger partial charge in [-0.25, -0.2) is 0 Å². The highest BCUT2D eigenvalue weighted by molar-refractivity contribution is 5.67. The topological polar surface area (TPSA) is 50.2 Å². The summed E-state index contributed by atoms with van der Waals surface area (Å²) in [5.41, 5.74) is 4.36. The zero-order valence-electron chi connectivity index (χ0n) is 12.5. The van der Waals surface area contributed by atoms with Crippen LogP contribution in [0.5, 0.6) is 0 Å². The van der Waals surface area contributed by atoms with Crippen molar-refractivity contribution in [3.8, 4) is 11.1 Å². The molecule has 21 heavy (non-hydrogen) atoms. The molecule has 0 aliphatic carbocycles. The van der Waals surface area contributed by atoms with Crippen molar-refractivity contribution < 1.29 is 9.90 Å². The third kappa shape index (κ3) is 4.71. The van der Waals surface area contributed by atoms with Crippen LogP contribution in [-0.4, -0.2) is 16.1 Å². The lowest BCUT2D eigenvalue weighted by atomic mass is 9.99. The average Bonchev–Trinajstić information content (AvgIpc) is 2.46. The van der Waals surface area contributed by atoms with Crippen LogP contribution in [0.15, 0.2) is 42.6 Å². The fourth-order valence-electron chi connectivity index (χ4n) is 2.28. The molecule has 1 heterocycles. The normalized spacial score (nSPS) is 10.8. The van der Waals surface area contributed by atoms with E-state index in [0.29, 0.717) is 12.3 Å². The van der Waals surface area contributed by atoms with E-state index in [2.05, 4.69) is 43.1 Å². The molecule has 1 N–H and O–H groups in total. The van der Waals surface area contributed by atoms with E-state index in [1.54, 1.807) is 0 Å². The van der Waals surface area contributed by atoms with Gasteiger partial charge < -0.3 is 5.11 Å². The molecule has 0 atom stereocenters. The maximum atomic E-state index is 10.5. The minimum Gasteiger partial charge on any atom is -0.481 e. The van der Waals surface area contributed by atoms with Crippen LogP contribution >= 0.6 is 0 Å². The maximum absolute atomic E-state index is 10.5.